The highest BCUT2D eigenvalue weighted by Gasteiger charge is 2.25. The lowest BCUT2D eigenvalue weighted by molar-refractivity contribution is -0.147. The Morgan fingerprint density at radius 1 is 1.39 bits per heavy atom. The summed E-state index contributed by atoms with van der Waals surface area (Å²) in [6, 6.07) is 1.77. The molecule has 128 valence electrons. The van der Waals surface area contributed by atoms with Gasteiger partial charge in [0.1, 0.15) is 23.6 Å². The molecule has 8 heteroatoms. The van der Waals surface area contributed by atoms with E-state index in [1.165, 1.54) is 18.3 Å². The van der Waals surface area contributed by atoms with Crippen molar-refractivity contribution in [2.24, 2.45) is 5.73 Å². The fraction of sp³-hybridized carbons (Fsp3) is 0.533. The molecule has 23 heavy (non-hydrogen) atoms. The van der Waals surface area contributed by atoms with Gasteiger partial charge >= 0.3 is 12.1 Å². The number of amides is 1. The number of ether oxygens (including phenoxy) is 2. The van der Waals surface area contributed by atoms with Gasteiger partial charge in [0.2, 0.25) is 0 Å². The summed E-state index contributed by atoms with van der Waals surface area (Å²) in [6.45, 7) is 7.06. The summed E-state index contributed by atoms with van der Waals surface area (Å²) in [5.74, 6) is -0.448. The number of esters is 1. The second-order valence-electron chi connectivity index (χ2n) is 5.83. The van der Waals surface area contributed by atoms with Crippen molar-refractivity contribution < 1.29 is 24.2 Å². The number of aliphatic hydroxyl groups is 1. The molecule has 8 nitrogen and oxygen atoms in total. The maximum Gasteiger partial charge on any atom is 0.413 e. The third-order valence-corrected chi connectivity index (χ3v) is 2.66. The minimum atomic E-state index is -1.25. The van der Waals surface area contributed by atoms with E-state index in [1.807, 2.05) is 0 Å². The molecule has 0 aliphatic rings. The number of hydrogen-bond acceptors (Lipinski definition) is 7. The molecule has 1 heterocycles. The average molecular weight is 325 g/mol. The first-order valence-electron chi connectivity index (χ1n) is 7.20. The van der Waals surface area contributed by atoms with E-state index >= 15 is 0 Å². The predicted octanol–water partition coefficient (Wildman–Crippen LogP) is 1.35. The van der Waals surface area contributed by atoms with E-state index in [2.05, 4.69) is 10.3 Å². The Morgan fingerprint density at radius 3 is 2.52 bits per heavy atom. The number of pyridine rings is 1. The van der Waals surface area contributed by atoms with E-state index in [-0.39, 0.29) is 12.4 Å². The van der Waals surface area contributed by atoms with E-state index in [1.54, 1.807) is 27.7 Å². The first-order chi connectivity index (χ1) is 10.6. The summed E-state index contributed by atoms with van der Waals surface area (Å²) in [5.41, 5.74) is 5.34. The topological polar surface area (TPSA) is 124 Å². The maximum atomic E-state index is 11.6. The zero-order chi connectivity index (χ0) is 17.6. The molecule has 0 saturated heterocycles. The zero-order valence-electron chi connectivity index (χ0n) is 13.7. The molecule has 0 saturated carbocycles. The second-order valence-corrected chi connectivity index (χ2v) is 5.83. The van der Waals surface area contributed by atoms with E-state index in [9.17, 15) is 14.7 Å². The lowest BCUT2D eigenvalue weighted by Crippen LogP contribution is -2.38. The Bertz CT molecular complexity index is 539. The van der Waals surface area contributed by atoms with Crippen LogP contribution >= 0.6 is 0 Å². The van der Waals surface area contributed by atoms with Gasteiger partial charge in [0.25, 0.3) is 0 Å². The van der Waals surface area contributed by atoms with Crippen LogP contribution in [0.4, 0.5) is 10.6 Å². The molecule has 2 atom stereocenters. The third kappa shape index (κ3) is 6.21. The Morgan fingerprint density at radius 2 is 2.04 bits per heavy atom. The largest absolute Gasteiger partial charge is 0.465 e. The number of carbonyl (C=O) groups is 2. The first kappa shape index (κ1) is 18.9. The number of hydrogen-bond donors (Lipinski definition) is 3. The summed E-state index contributed by atoms with van der Waals surface area (Å²) in [7, 11) is 0. The smallest absolute Gasteiger partial charge is 0.413 e. The van der Waals surface area contributed by atoms with Crippen molar-refractivity contribution >= 4 is 17.9 Å². The van der Waals surface area contributed by atoms with Crippen LogP contribution in [-0.2, 0) is 14.3 Å². The zero-order valence-corrected chi connectivity index (χ0v) is 13.7. The molecule has 0 fully saturated rings. The van der Waals surface area contributed by atoms with E-state index < -0.39 is 29.8 Å². The Hall–Kier alpha value is -2.19. The van der Waals surface area contributed by atoms with Crippen LogP contribution < -0.4 is 11.1 Å². The van der Waals surface area contributed by atoms with Gasteiger partial charge in [0.15, 0.2) is 0 Å². The van der Waals surface area contributed by atoms with Crippen LogP contribution in [-0.4, -0.2) is 40.4 Å². The summed E-state index contributed by atoms with van der Waals surface area (Å²) in [5, 5.41) is 12.5. The number of carbonyl (C=O) groups excluding carboxylic acids is 2. The lowest BCUT2D eigenvalue weighted by Gasteiger charge is -2.20. The van der Waals surface area contributed by atoms with Gasteiger partial charge in [-0.05, 0) is 33.8 Å². The van der Waals surface area contributed by atoms with Crippen LogP contribution in [0.3, 0.4) is 0 Å². The van der Waals surface area contributed by atoms with Crippen molar-refractivity contribution in [1.29, 1.82) is 0 Å². The molecule has 0 bridgehead atoms. The van der Waals surface area contributed by atoms with Crippen LogP contribution in [0.15, 0.2) is 18.3 Å². The average Bonchev–Trinajstić information content (AvgIpc) is 2.44. The number of nitrogens with one attached hydrogen (secondary N) is 1. The highest BCUT2D eigenvalue weighted by molar-refractivity contribution is 5.83. The number of nitrogens with zero attached hydrogens (tertiary/aromatic N) is 1. The van der Waals surface area contributed by atoms with Gasteiger partial charge in [0.05, 0.1) is 6.61 Å². The van der Waals surface area contributed by atoms with E-state index in [0.29, 0.717) is 5.56 Å². The molecule has 1 aromatic rings. The SMILES string of the molecule is CCOC(=O)[C@H](N)[C@H](O)c1ccc(NC(=O)OC(C)(C)C)nc1. The van der Waals surface area contributed by atoms with Crippen molar-refractivity contribution in [1.82, 2.24) is 4.98 Å². The van der Waals surface area contributed by atoms with Crippen LogP contribution in [0.1, 0.15) is 39.4 Å². The minimum Gasteiger partial charge on any atom is -0.465 e. The number of nitrogens with two attached hydrogens (primary N) is 1. The lowest BCUT2D eigenvalue weighted by atomic mass is 10.1. The fourth-order valence-electron chi connectivity index (χ4n) is 1.64. The summed E-state index contributed by atoms with van der Waals surface area (Å²) in [6.07, 6.45) is -0.574. The van der Waals surface area contributed by atoms with Gasteiger partial charge in [-0.1, -0.05) is 6.07 Å². The summed E-state index contributed by atoms with van der Waals surface area (Å²) in [4.78, 5) is 27.1. The number of anilines is 1. The Kier molecular flexibility index (Phi) is 6.47. The highest BCUT2D eigenvalue weighted by atomic mass is 16.6. The first-order valence-corrected chi connectivity index (χ1v) is 7.20. The quantitative estimate of drug-likeness (QED) is 0.698. The molecule has 1 aromatic heterocycles. The van der Waals surface area contributed by atoms with Gasteiger partial charge in [-0.15, -0.1) is 0 Å². The predicted molar refractivity (Wildman–Crippen MR) is 83.7 cm³/mol. The highest BCUT2D eigenvalue weighted by Crippen LogP contribution is 2.18. The molecule has 0 spiro atoms. The van der Waals surface area contributed by atoms with E-state index in [4.69, 9.17) is 15.2 Å². The molecule has 1 amide bonds. The van der Waals surface area contributed by atoms with Crippen molar-refractivity contribution in [2.75, 3.05) is 11.9 Å². The number of aliphatic hydroxyl groups excluding tert-OH is 1. The molecule has 0 unspecified atom stereocenters. The molecule has 4 N–H and O–H groups in total. The summed E-state index contributed by atoms with van der Waals surface area (Å²) < 4.78 is 9.85. The molecular formula is C15H23N3O5. The van der Waals surface area contributed by atoms with Gasteiger partial charge in [-0.2, -0.15) is 0 Å². The molecule has 1 rings (SSSR count). The minimum absolute atomic E-state index is 0.177. The van der Waals surface area contributed by atoms with Crippen LogP contribution in [0.2, 0.25) is 0 Å². The maximum absolute atomic E-state index is 11.6. The number of aromatic nitrogens is 1. The molecule has 0 radical (unpaired) electrons. The monoisotopic (exact) mass is 325 g/mol. The van der Waals surface area contributed by atoms with Crippen molar-refractivity contribution in [3.05, 3.63) is 23.9 Å². The van der Waals surface area contributed by atoms with Crippen molar-refractivity contribution in [3.63, 3.8) is 0 Å². The molecular weight excluding hydrogens is 302 g/mol. The van der Waals surface area contributed by atoms with Crippen molar-refractivity contribution in [3.8, 4) is 0 Å². The van der Waals surface area contributed by atoms with Crippen LogP contribution in [0.25, 0.3) is 0 Å². The Labute approximate surface area is 135 Å². The normalized spacial score (nSPS) is 13.8. The standard InChI is InChI=1S/C15H23N3O5/c1-5-22-13(20)11(16)12(19)9-6-7-10(17-8-9)18-14(21)23-15(2,3)4/h6-8,11-12,19H,5,16H2,1-4H3,(H,17,18,21)/t11-,12-/m1/s1. The second kappa shape index (κ2) is 7.89. The molecule has 0 aromatic carbocycles. The van der Waals surface area contributed by atoms with E-state index in [0.717, 1.165) is 0 Å². The fourth-order valence-corrected chi connectivity index (χ4v) is 1.64. The van der Waals surface area contributed by atoms with Crippen molar-refractivity contribution in [2.45, 2.75) is 45.4 Å². The van der Waals surface area contributed by atoms with Gasteiger partial charge in [0, 0.05) is 11.8 Å². The molecule has 0 aliphatic carbocycles. The molecule has 0 aliphatic heterocycles. The third-order valence-electron chi connectivity index (χ3n) is 2.66. The van der Waals surface area contributed by atoms with Gasteiger partial charge < -0.3 is 20.3 Å². The van der Waals surface area contributed by atoms with Crippen LogP contribution in [0, 0.1) is 0 Å². The number of rotatable bonds is 5. The van der Waals surface area contributed by atoms with Gasteiger partial charge in [-0.3, -0.25) is 10.1 Å². The van der Waals surface area contributed by atoms with Crippen LogP contribution in [0.5, 0.6) is 0 Å². The Balaban J connectivity index is 2.69. The van der Waals surface area contributed by atoms with Gasteiger partial charge in [-0.25, -0.2) is 9.78 Å². The summed E-state index contributed by atoms with van der Waals surface area (Å²) >= 11 is 0.